The van der Waals surface area contributed by atoms with E-state index in [1.165, 1.54) is 25.7 Å². The first-order valence-electron chi connectivity index (χ1n) is 5.36. The Balaban J connectivity index is 2.01. The third-order valence-corrected chi connectivity index (χ3v) is 3.89. The standard InChI is InChI=1S/C11H20/c1-9-8-10-4-2-3-5-11(9)7-6-10/h9-11H,2-8H2,1H3/t9-,10?,11?/m0/s1. The van der Waals surface area contributed by atoms with Crippen LogP contribution in [0.15, 0.2) is 0 Å². The zero-order valence-corrected chi connectivity index (χ0v) is 7.68. The number of hydrogen-bond acceptors (Lipinski definition) is 0. The summed E-state index contributed by atoms with van der Waals surface area (Å²) in [5.74, 6) is 3.27. The molecule has 0 amide bonds. The van der Waals surface area contributed by atoms with Crippen LogP contribution in [0, 0.1) is 17.8 Å². The topological polar surface area (TPSA) is 0 Å². The Labute approximate surface area is 70.4 Å². The highest BCUT2D eigenvalue weighted by atomic mass is 14.3. The van der Waals surface area contributed by atoms with Gasteiger partial charge in [0.15, 0.2) is 0 Å². The Kier molecular flexibility index (Phi) is 2.20. The zero-order chi connectivity index (χ0) is 7.68. The van der Waals surface area contributed by atoms with Gasteiger partial charge in [-0.05, 0) is 30.6 Å². The van der Waals surface area contributed by atoms with E-state index in [1.807, 2.05) is 0 Å². The minimum absolute atomic E-state index is 1.05. The van der Waals surface area contributed by atoms with Crippen LogP contribution in [0.5, 0.6) is 0 Å². The van der Waals surface area contributed by atoms with Gasteiger partial charge >= 0.3 is 0 Å². The van der Waals surface area contributed by atoms with Crippen LogP contribution in [0.25, 0.3) is 0 Å². The van der Waals surface area contributed by atoms with Crippen LogP contribution < -0.4 is 0 Å². The fourth-order valence-electron chi connectivity index (χ4n) is 3.10. The molecule has 2 bridgehead atoms. The Bertz CT molecular complexity index is 124. The van der Waals surface area contributed by atoms with E-state index in [1.54, 1.807) is 19.3 Å². The lowest BCUT2D eigenvalue weighted by Gasteiger charge is -2.36. The molecule has 0 saturated heterocycles. The highest BCUT2D eigenvalue weighted by Crippen LogP contribution is 2.40. The molecular weight excluding hydrogens is 132 g/mol. The summed E-state index contributed by atoms with van der Waals surface area (Å²) in [6.07, 6.45) is 10.8. The molecule has 0 heteroatoms. The number of fused-ring (bicyclic) bond motifs is 5. The van der Waals surface area contributed by atoms with Crippen LogP contribution in [0.2, 0.25) is 0 Å². The molecule has 0 radical (unpaired) electrons. The van der Waals surface area contributed by atoms with Crippen molar-refractivity contribution in [3.05, 3.63) is 0 Å². The molecule has 3 fully saturated rings. The summed E-state index contributed by atoms with van der Waals surface area (Å²) in [5, 5.41) is 0. The second-order valence-corrected chi connectivity index (χ2v) is 4.70. The molecule has 0 aliphatic heterocycles. The van der Waals surface area contributed by atoms with Crippen molar-refractivity contribution in [1.82, 2.24) is 0 Å². The van der Waals surface area contributed by atoms with Gasteiger partial charge in [-0.1, -0.05) is 39.0 Å². The van der Waals surface area contributed by atoms with E-state index in [9.17, 15) is 0 Å². The van der Waals surface area contributed by atoms with Crippen molar-refractivity contribution in [3.8, 4) is 0 Å². The van der Waals surface area contributed by atoms with Gasteiger partial charge in [0.05, 0.1) is 0 Å². The predicted octanol–water partition coefficient (Wildman–Crippen LogP) is 3.61. The Hall–Kier alpha value is 0. The lowest BCUT2D eigenvalue weighted by atomic mass is 9.69. The molecule has 0 heterocycles. The molecule has 0 aromatic heterocycles. The Morgan fingerprint density at radius 1 is 0.909 bits per heavy atom. The second-order valence-electron chi connectivity index (χ2n) is 4.70. The lowest BCUT2D eigenvalue weighted by Crippen LogP contribution is -2.25. The molecule has 3 aliphatic carbocycles. The molecule has 3 atom stereocenters. The Morgan fingerprint density at radius 3 is 2.55 bits per heavy atom. The fourth-order valence-corrected chi connectivity index (χ4v) is 3.10. The SMILES string of the molecule is C[C@H]1CC2CCCCC1CC2. The minimum Gasteiger partial charge on any atom is -0.0622 e. The smallest absolute Gasteiger partial charge is 0.0388 e. The monoisotopic (exact) mass is 152 g/mol. The summed E-state index contributed by atoms with van der Waals surface area (Å²) in [7, 11) is 0. The van der Waals surface area contributed by atoms with Crippen molar-refractivity contribution in [3.63, 3.8) is 0 Å². The molecule has 0 nitrogen and oxygen atoms in total. The van der Waals surface area contributed by atoms with Crippen LogP contribution in [0.1, 0.15) is 51.9 Å². The molecule has 2 unspecified atom stereocenters. The lowest BCUT2D eigenvalue weighted by molar-refractivity contribution is 0.151. The molecule has 3 rings (SSSR count). The van der Waals surface area contributed by atoms with Gasteiger partial charge in [-0.25, -0.2) is 0 Å². The first-order valence-corrected chi connectivity index (χ1v) is 5.36. The highest BCUT2D eigenvalue weighted by Gasteiger charge is 2.28. The summed E-state index contributed by atoms with van der Waals surface area (Å²) < 4.78 is 0. The third kappa shape index (κ3) is 1.60. The maximum absolute atomic E-state index is 2.47. The van der Waals surface area contributed by atoms with Crippen molar-refractivity contribution in [2.24, 2.45) is 17.8 Å². The molecule has 3 aliphatic rings. The van der Waals surface area contributed by atoms with Crippen molar-refractivity contribution in [2.75, 3.05) is 0 Å². The molecular formula is C11H20. The van der Waals surface area contributed by atoms with E-state index in [0.717, 1.165) is 17.8 Å². The summed E-state index contributed by atoms with van der Waals surface area (Å²) in [6, 6.07) is 0. The van der Waals surface area contributed by atoms with Gasteiger partial charge in [0, 0.05) is 0 Å². The summed E-state index contributed by atoms with van der Waals surface area (Å²) in [4.78, 5) is 0. The van der Waals surface area contributed by atoms with Crippen LogP contribution in [-0.4, -0.2) is 0 Å². The zero-order valence-electron chi connectivity index (χ0n) is 7.68. The average Bonchev–Trinajstić information content (AvgIpc) is 1.92. The largest absolute Gasteiger partial charge is 0.0622 e. The maximum Gasteiger partial charge on any atom is -0.0388 e. The van der Waals surface area contributed by atoms with Crippen molar-refractivity contribution in [2.45, 2.75) is 51.9 Å². The first-order chi connectivity index (χ1) is 5.36. The molecule has 0 aromatic rings. The van der Waals surface area contributed by atoms with Crippen LogP contribution in [0.3, 0.4) is 0 Å². The highest BCUT2D eigenvalue weighted by molar-refractivity contribution is 4.80. The quantitative estimate of drug-likeness (QED) is 0.497. The molecule has 3 saturated carbocycles. The summed E-state index contributed by atoms with van der Waals surface area (Å²) >= 11 is 0. The maximum atomic E-state index is 2.47. The molecule has 0 aromatic carbocycles. The van der Waals surface area contributed by atoms with Gasteiger partial charge in [-0.3, -0.25) is 0 Å². The summed E-state index contributed by atoms with van der Waals surface area (Å²) in [5.41, 5.74) is 0. The van der Waals surface area contributed by atoms with E-state index >= 15 is 0 Å². The van der Waals surface area contributed by atoms with Crippen LogP contribution in [0.4, 0.5) is 0 Å². The second kappa shape index (κ2) is 3.16. The molecule has 64 valence electrons. The predicted molar refractivity (Wildman–Crippen MR) is 48.5 cm³/mol. The first kappa shape index (κ1) is 7.64. The van der Waals surface area contributed by atoms with Gasteiger partial charge in [0.2, 0.25) is 0 Å². The van der Waals surface area contributed by atoms with E-state index in [0.29, 0.717) is 0 Å². The van der Waals surface area contributed by atoms with Crippen molar-refractivity contribution >= 4 is 0 Å². The van der Waals surface area contributed by atoms with E-state index in [-0.39, 0.29) is 0 Å². The normalized spacial score (nSPS) is 45.0. The minimum atomic E-state index is 1.05. The van der Waals surface area contributed by atoms with Gasteiger partial charge in [0.25, 0.3) is 0 Å². The van der Waals surface area contributed by atoms with Gasteiger partial charge in [0.1, 0.15) is 0 Å². The van der Waals surface area contributed by atoms with Gasteiger partial charge in [-0.2, -0.15) is 0 Å². The number of hydrogen-bond donors (Lipinski definition) is 0. The Morgan fingerprint density at radius 2 is 1.73 bits per heavy atom. The van der Waals surface area contributed by atoms with Crippen molar-refractivity contribution in [1.29, 1.82) is 0 Å². The van der Waals surface area contributed by atoms with E-state index in [2.05, 4.69) is 6.92 Å². The van der Waals surface area contributed by atoms with Gasteiger partial charge < -0.3 is 0 Å². The molecule has 11 heavy (non-hydrogen) atoms. The van der Waals surface area contributed by atoms with Crippen molar-refractivity contribution < 1.29 is 0 Å². The van der Waals surface area contributed by atoms with Gasteiger partial charge in [-0.15, -0.1) is 0 Å². The third-order valence-electron chi connectivity index (χ3n) is 3.89. The summed E-state index contributed by atoms with van der Waals surface area (Å²) in [6.45, 7) is 2.47. The molecule has 0 spiro atoms. The van der Waals surface area contributed by atoms with E-state index < -0.39 is 0 Å². The van der Waals surface area contributed by atoms with Crippen LogP contribution >= 0.6 is 0 Å². The van der Waals surface area contributed by atoms with Crippen LogP contribution in [-0.2, 0) is 0 Å². The van der Waals surface area contributed by atoms with E-state index in [4.69, 9.17) is 0 Å². The average molecular weight is 152 g/mol. The number of rotatable bonds is 0. The molecule has 0 N–H and O–H groups in total. The fraction of sp³-hybridized carbons (Fsp3) is 1.00.